The lowest BCUT2D eigenvalue weighted by molar-refractivity contribution is -0.156. The van der Waals surface area contributed by atoms with Gasteiger partial charge < -0.3 is 9.47 Å². The largest absolute Gasteiger partial charge is 0.463 e. The molecule has 116 valence electrons. The van der Waals surface area contributed by atoms with Crippen molar-refractivity contribution >= 4 is 5.97 Å². The van der Waals surface area contributed by atoms with Crippen LogP contribution in [0.1, 0.15) is 46.0 Å². The van der Waals surface area contributed by atoms with Crippen LogP contribution in [0.2, 0.25) is 0 Å². The minimum absolute atomic E-state index is 0.00529. The van der Waals surface area contributed by atoms with E-state index in [0.717, 1.165) is 39.1 Å². The van der Waals surface area contributed by atoms with Crippen LogP contribution in [0.25, 0.3) is 0 Å². The van der Waals surface area contributed by atoms with Crippen LogP contribution in [0.3, 0.4) is 0 Å². The molecule has 1 heterocycles. The third kappa shape index (κ3) is 5.06. The van der Waals surface area contributed by atoms with E-state index in [9.17, 15) is 4.79 Å². The number of morpholine rings is 1. The van der Waals surface area contributed by atoms with Crippen LogP contribution in [0.15, 0.2) is 0 Å². The molecule has 1 saturated carbocycles. The lowest BCUT2D eigenvalue weighted by atomic mass is 9.89. The molecule has 1 atom stereocenters. The first-order chi connectivity index (χ1) is 9.65. The van der Waals surface area contributed by atoms with E-state index in [1.54, 1.807) is 0 Å². The van der Waals surface area contributed by atoms with Gasteiger partial charge in [-0.2, -0.15) is 0 Å². The van der Waals surface area contributed by atoms with E-state index in [1.165, 1.54) is 19.3 Å². The fraction of sp³-hybridized carbons (Fsp3) is 0.938. The number of carbonyl (C=O) groups excluding carboxylic acids is 1. The summed E-state index contributed by atoms with van der Waals surface area (Å²) in [5.41, 5.74) is 0. The second-order valence-corrected chi connectivity index (χ2v) is 6.61. The van der Waals surface area contributed by atoms with Crippen LogP contribution in [0.4, 0.5) is 0 Å². The molecule has 1 unspecified atom stereocenters. The van der Waals surface area contributed by atoms with Gasteiger partial charge in [0.05, 0.1) is 12.5 Å². The molecule has 0 radical (unpaired) electrons. The average Bonchev–Trinajstić information content (AvgIpc) is 2.45. The molecule has 1 saturated heterocycles. The van der Waals surface area contributed by atoms with E-state index in [4.69, 9.17) is 9.47 Å². The van der Waals surface area contributed by atoms with Crippen molar-refractivity contribution in [3.05, 3.63) is 0 Å². The molecule has 2 fully saturated rings. The number of esters is 1. The molecule has 1 aliphatic carbocycles. The van der Waals surface area contributed by atoms with E-state index >= 15 is 0 Å². The molecule has 0 N–H and O–H groups in total. The number of nitrogens with zero attached hydrogens (tertiary/aromatic N) is 1. The Morgan fingerprint density at radius 3 is 2.75 bits per heavy atom. The van der Waals surface area contributed by atoms with Crippen LogP contribution in [0, 0.1) is 11.8 Å². The first-order valence-corrected chi connectivity index (χ1v) is 8.15. The topological polar surface area (TPSA) is 38.8 Å². The molecule has 20 heavy (non-hydrogen) atoms. The number of rotatable bonds is 5. The molecule has 2 aliphatic rings. The second kappa shape index (κ2) is 7.99. The Morgan fingerprint density at radius 2 is 2.05 bits per heavy atom. The van der Waals surface area contributed by atoms with E-state index in [-0.39, 0.29) is 18.0 Å². The average molecular weight is 283 g/mol. The molecule has 4 heteroatoms. The van der Waals surface area contributed by atoms with Crippen molar-refractivity contribution in [2.45, 2.75) is 52.1 Å². The highest BCUT2D eigenvalue weighted by Gasteiger charge is 2.26. The predicted molar refractivity (Wildman–Crippen MR) is 78.6 cm³/mol. The molecule has 0 aromatic heterocycles. The second-order valence-electron chi connectivity index (χ2n) is 6.61. The van der Waals surface area contributed by atoms with E-state index in [2.05, 4.69) is 18.7 Å². The first-order valence-electron chi connectivity index (χ1n) is 8.15. The van der Waals surface area contributed by atoms with Gasteiger partial charge in [-0.05, 0) is 18.8 Å². The fourth-order valence-electron chi connectivity index (χ4n) is 3.19. The minimum atomic E-state index is -0.00529. The van der Waals surface area contributed by atoms with Crippen molar-refractivity contribution < 1.29 is 14.3 Å². The van der Waals surface area contributed by atoms with Crippen molar-refractivity contribution in [2.24, 2.45) is 11.8 Å². The minimum Gasteiger partial charge on any atom is -0.463 e. The fourth-order valence-corrected chi connectivity index (χ4v) is 3.19. The quantitative estimate of drug-likeness (QED) is 0.727. The van der Waals surface area contributed by atoms with Gasteiger partial charge in [0.25, 0.3) is 0 Å². The third-order valence-electron chi connectivity index (χ3n) is 4.20. The van der Waals surface area contributed by atoms with Crippen molar-refractivity contribution in [1.82, 2.24) is 4.90 Å². The Balaban J connectivity index is 1.68. The smallest absolute Gasteiger partial charge is 0.309 e. The summed E-state index contributed by atoms with van der Waals surface area (Å²) in [7, 11) is 0. The molecular formula is C16H29NO3. The van der Waals surface area contributed by atoms with Crippen LogP contribution < -0.4 is 0 Å². The van der Waals surface area contributed by atoms with Gasteiger partial charge in [0.2, 0.25) is 0 Å². The van der Waals surface area contributed by atoms with Crippen molar-refractivity contribution in [2.75, 3.05) is 32.8 Å². The zero-order valence-corrected chi connectivity index (χ0v) is 13.0. The molecule has 4 nitrogen and oxygen atoms in total. The monoisotopic (exact) mass is 283 g/mol. The number of ether oxygens (including phenoxy) is 2. The normalized spacial score (nSPS) is 25.9. The number of carbonyl (C=O) groups is 1. The van der Waals surface area contributed by atoms with Gasteiger partial charge in [0.1, 0.15) is 12.7 Å². The number of hydrogen-bond acceptors (Lipinski definition) is 4. The van der Waals surface area contributed by atoms with E-state index in [0.29, 0.717) is 12.5 Å². The van der Waals surface area contributed by atoms with Crippen LogP contribution in [-0.4, -0.2) is 49.8 Å². The van der Waals surface area contributed by atoms with Gasteiger partial charge in [-0.1, -0.05) is 33.1 Å². The van der Waals surface area contributed by atoms with Gasteiger partial charge >= 0.3 is 5.97 Å². The summed E-state index contributed by atoms with van der Waals surface area (Å²) >= 11 is 0. The number of hydrogen-bond donors (Lipinski definition) is 0. The molecule has 2 rings (SSSR count). The molecule has 0 bridgehead atoms. The lowest BCUT2D eigenvalue weighted by Gasteiger charge is -2.33. The zero-order valence-electron chi connectivity index (χ0n) is 13.0. The van der Waals surface area contributed by atoms with Crippen molar-refractivity contribution in [3.63, 3.8) is 0 Å². The Bertz CT molecular complexity index is 300. The van der Waals surface area contributed by atoms with Gasteiger partial charge in [0, 0.05) is 19.6 Å². The first kappa shape index (κ1) is 15.8. The Kier molecular flexibility index (Phi) is 6.30. The summed E-state index contributed by atoms with van der Waals surface area (Å²) < 4.78 is 11.2. The Morgan fingerprint density at radius 1 is 1.30 bits per heavy atom. The van der Waals surface area contributed by atoms with Gasteiger partial charge in [-0.15, -0.1) is 0 Å². The Labute approximate surface area is 122 Å². The lowest BCUT2D eigenvalue weighted by Crippen LogP contribution is -2.46. The molecule has 1 aliphatic heterocycles. The predicted octanol–water partition coefficient (Wildman–Crippen LogP) is 2.47. The molecule has 0 amide bonds. The van der Waals surface area contributed by atoms with Crippen LogP contribution >= 0.6 is 0 Å². The summed E-state index contributed by atoms with van der Waals surface area (Å²) in [5.74, 6) is 0.798. The van der Waals surface area contributed by atoms with Crippen LogP contribution in [-0.2, 0) is 14.3 Å². The zero-order chi connectivity index (χ0) is 14.4. The maximum absolute atomic E-state index is 12.0. The highest BCUT2D eigenvalue weighted by atomic mass is 16.6. The third-order valence-corrected chi connectivity index (χ3v) is 4.20. The van der Waals surface area contributed by atoms with Crippen LogP contribution in [0.5, 0.6) is 0 Å². The van der Waals surface area contributed by atoms with Crippen molar-refractivity contribution in [1.29, 1.82) is 0 Å². The summed E-state index contributed by atoms with van der Waals surface area (Å²) in [5, 5.41) is 0. The summed E-state index contributed by atoms with van der Waals surface area (Å²) in [6.45, 7) is 8.60. The van der Waals surface area contributed by atoms with Gasteiger partial charge in [0.15, 0.2) is 0 Å². The highest BCUT2D eigenvalue weighted by Crippen LogP contribution is 2.24. The van der Waals surface area contributed by atoms with Crippen molar-refractivity contribution in [3.8, 4) is 0 Å². The van der Waals surface area contributed by atoms with E-state index in [1.807, 2.05) is 0 Å². The highest BCUT2D eigenvalue weighted by molar-refractivity contribution is 5.72. The van der Waals surface area contributed by atoms with Gasteiger partial charge in [-0.25, -0.2) is 0 Å². The summed E-state index contributed by atoms with van der Waals surface area (Å²) in [4.78, 5) is 14.4. The Hall–Kier alpha value is -0.610. The summed E-state index contributed by atoms with van der Waals surface area (Å²) in [6.07, 6.45) is 5.66. The van der Waals surface area contributed by atoms with E-state index < -0.39 is 0 Å². The molecule has 0 aromatic rings. The van der Waals surface area contributed by atoms with Gasteiger partial charge in [-0.3, -0.25) is 9.69 Å². The maximum Gasteiger partial charge on any atom is 0.309 e. The SMILES string of the molecule is CC(C)CN1CCOC(COC(=O)C2CCCCC2)C1. The summed E-state index contributed by atoms with van der Waals surface area (Å²) in [6, 6.07) is 0. The molecule has 0 aromatic carbocycles. The molecular weight excluding hydrogens is 254 g/mol. The maximum atomic E-state index is 12.0. The molecule has 0 spiro atoms. The standard InChI is InChI=1S/C16H29NO3/c1-13(2)10-17-8-9-19-15(11-17)12-20-16(18)14-6-4-3-5-7-14/h13-15H,3-12H2,1-2H3.